The monoisotopic (exact) mass is 223 g/mol. The van der Waals surface area contributed by atoms with Gasteiger partial charge in [0.15, 0.2) is 5.43 Å². The third-order valence-electron chi connectivity index (χ3n) is 2.29. The van der Waals surface area contributed by atoms with Crippen molar-refractivity contribution < 1.29 is 4.79 Å². The molecule has 0 aliphatic carbocycles. The lowest BCUT2D eigenvalue weighted by Gasteiger charge is -2.12. The van der Waals surface area contributed by atoms with Crippen molar-refractivity contribution in [1.82, 2.24) is 10.3 Å². The Bertz CT molecular complexity index is 400. The first-order chi connectivity index (χ1) is 7.65. The fraction of sp³-hybridized carbons (Fsp3) is 0.455. The highest BCUT2D eigenvalue weighted by Crippen LogP contribution is 1.96. The Balaban J connectivity index is 2.59. The van der Waals surface area contributed by atoms with Crippen LogP contribution in [0.15, 0.2) is 23.3 Å². The van der Waals surface area contributed by atoms with Gasteiger partial charge < -0.3 is 16.0 Å². The van der Waals surface area contributed by atoms with E-state index in [9.17, 15) is 9.59 Å². The number of aromatic amines is 1. The van der Waals surface area contributed by atoms with Gasteiger partial charge >= 0.3 is 0 Å². The molecule has 0 aliphatic heterocycles. The number of pyridine rings is 1. The second kappa shape index (κ2) is 6.07. The molecule has 0 saturated carbocycles. The first-order valence-corrected chi connectivity index (χ1v) is 5.33. The Kier molecular flexibility index (Phi) is 4.72. The van der Waals surface area contributed by atoms with Gasteiger partial charge in [0.05, 0.1) is 0 Å². The summed E-state index contributed by atoms with van der Waals surface area (Å²) in [5.74, 6) is -0.341. The van der Waals surface area contributed by atoms with E-state index in [1.807, 2.05) is 6.92 Å². The number of hydrogen-bond acceptors (Lipinski definition) is 3. The summed E-state index contributed by atoms with van der Waals surface area (Å²) in [7, 11) is 0. The molecule has 16 heavy (non-hydrogen) atoms. The predicted octanol–water partition coefficient (Wildman–Crippen LogP) is 0.232. The number of carbonyl (C=O) groups excluding carboxylic acids is 1. The quantitative estimate of drug-likeness (QED) is 0.667. The van der Waals surface area contributed by atoms with Crippen LogP contribution in [-0.2, 0) is 0 Å². The van der Waals surface area contributed by atoms with Crippen LogP contribution in [0.1, 0.15) is 30.1 Å². The number of H-pyrrole nitrogens is 1. The van der Waals surface area contributed by atoms with Crippen LogP contribution < -0.4 is 16.5 Å². The minimum Gasteiger partial charge on any atom is -0.367 e. The lowest BCUT2D eigenvalue weighted by Crippen LogP contribution is -2.35. The molecule has 1 heterocycles. The van der Waals surface area contributed by atoms with Gasteiger partial charge in [-0.3, -0.25) is 9.59 Å². The molecule has 0 bridgehead atoms. The van der Waals surface area contributed by atoms with E-state index in [-0.39, 0.29) is 22.9 Å². The van der Waals surface area contributed by atoms with Crippen LogP contribution in [0.5, 0.6) is 0 Å². The van der Waals surface area contributed by atoms with Crippen LogP contribution in [0.25, 0.3) is 0 Å². The SMILES string of the molecule is CC(CCCN)NC(=O)c1c[nH]ccc1=O. The fourth-order valence-corrected chi connectivity index (χ4v) is 1.39. The second-order valence-corrected chi connectivity index (χ2v) is 3.73. The maximum Gasteiger partial charge on any atom is 0.256 e. The van der Waals surface area contributed by atoms with E-state index in [2.05, 4.69) is 10.3 Å². The molecule has 1 rings (SSSR count). The van der Waals surface area contributed by atoms with Crippen LogP contribution in [-0.4, -0.2) is 23.5 Å². The van der Waals surface area contributed by atoms with Crippen molar-refractivity contribution in [2.24, 2.45) is 5.73 Å². The van der Waals surface area contributed by atoms with Crippen LogP contribution >= 0.6 is 0 Å². The zero-order chi connectivity index (χ0) is 12.0. The molecule has 0 fully saturated rings. The maximum absolute atomic E-state index is 11.7. The van der Waals surface area contributed by atoms with Gasteiger partial charge in [0.25, 0.3) is 5.91 Å². The van der Waals surface area contributed by atoms with Crippen molar-refractivity contribution in [3.8, 4) is 0 Å². The Morgan fingerprint density at radius 1 is 1.62 bits per heavy atom. The first-order valence-electron chi connectivity index (χ1n) is 5.33. The Morgan fingerprint density at radius 3 is 3.00 bits per heavy atom. The molecule has 5 nitrogen and oxygen atoms in total. The van der Waals surface area contributed by atoms with Crippen LogP contribution in [0.4, 0.5) is 0 Å². The number of rotatable bonds is 5. The van der Waals surface area contributed by atoms with E-state index in [0.717, 1.165) is 12.8 Å². The number of carbonyl (C=O) groups is 1. The topological polar surface area (TPSA) is 88.0 Å². The maximum atomic E-state index is 11.7. The lowest BCUT2D eigenvalue weighted by atomic mass is 10.1. The summed E-state index contributed by atoms with van der Waals surface area (Å²) >= 11 is 0. The zero-order valence-corrected chi connectivity index (χ0v) is 9.32. The van der Waals surface area contributed by atoms with E-state index in [1.165, 1.54) is 18.5 Å². The van der Waals surface area contributed by atoms with Crippen molar-refractivity contribution in [1.29, 1.82) is 0 Å². The average molecular weight is 223 g/mol. The molecule has 0 radical (unpaired) electrons. The molecule has 1 atom stereocenters. The number of amides is 1. The van der Waals surface area contributed by atoms with E-state index < -0.39 is 0 Å². The van der Waals surface area contributed by atoms with Gasteiger partial charge in [0.2, 0.25) is 0 Å². The molecular formula is C11H17N3O2. The Labute approximate surface area is 94.1 Å². The fourth-order valence-electron chi connectivity index (χ4n) is 1.39. The zero-order valence-electron chi connectivity index (χ0n) is 9.32. The van der Waals surface area contributed by atoms with Crippen molar-refractivity contribution in [2.75, 3.05) is 6.54 Å². The number of nitrogens with one attached hydrogen (secondary N) is 2. The van der Waals surface area contributed by atoms with Gasteiger partial charge in [-0.25, -0.2) is 0 Å². The predicted molar refractivity (Wildman–Crippen MR) is 62.3 cm³/mol. The summed E-state index contributed by atoms with van der Waals surface area (Å²) in [6.07, 6.45) is 4.57. The van der Waals surface area contributed by atoms with Crippen LogP contribution in [0.2, 0.25) is 0 Å². The average Bonchev–Trinajstić information content (AvgIpc) is 2.26. The van der Waals surface area contributed by atoms with Crippen molar-refractivity contribution >= 4 is 5.91 Å². The summed E-state index contributed by atoms with van der Waals surface area (Å²) in [5.41, 5.74) is 5.24. The molecule has 5 heteroatoms. The van der Waals surface area contributed by atoms with Gasteiger partial charge in [0.1, 0.15) is 5.56 Å². The van der Waals surface area contributed by atoms with Crippen LogP contribution in [0.3, 0.4) is 0 Å². The largest absolute Gasteiger partial charge is 0.367 e. The van der Waals surface area contributed by atoms with Gasteiger partial charge in [-0.1, -0.05) is 0 Å². The number of hydrogen-bond donors (Lipinski definition) is 3. The Hall–Kier alpha value is -1.62. The molecular weight excluding hydrogens is 206 g/mol. The summed E-state index contributed by atoms with van der Waals surface area (Å²) in [6.45, 7) is 2.50. The summed E-state index contributed by atoms with van der Waals surface area (Å²) < 4.78 is 0. The van der Waals surface area contributed by atoms with E-state index in [4.69, 9.17) is 5.73 Å². The highest BCUT2D eigenvalue weighted by atomic mass is 16.2. The van der Waals surface area contributed by atoms with E-state index in [1.54, 1.807) is 0 Å². The highest BCUT2D eigenvalue weighted by Gasteiger charge is 2.11. The third kappa shape index (κ3) is 3.51. The molecule has 4 N–H and O–H groups in total. The molecule has 88 valence electrons. The molecule has 1 unspecified atom stereocenters. The number of nitrogens with two attached hydrogens (primary N) is 1. The standard InChI is InChI=1S/C11H17N3O2/c1-8(3-2-5-12)14-11(16)9-7-13-6-4-10(9)15/h4,6-8H,2-3,5,12H2,1H3,(H,13,15)(H,14,16). The molecule has 0 aromatic carbocycles. The highest BCUT2D eigenvalue weighted by molar-refractivity contribution is 5.93. The molecule has 0 aliphatic rings. The van der Waals surface area contributed by atoms with Gasteiger partial charge in [-0.05, 0) is 26.3 Å². The van der Waals surface area contributed by atoms with Gasteiger partial charge in [-0.2, -0.15) is 0 Å². The van der Waals surface area contributed by atoms with Gasteiger partial charge in [0, 0.05) is 24.5 Å². The molecule has 1 aromatic heterocycles. The lowest BCUT2D eigenvalue weighted by molar-refractivity contribution is 0.0936. The molecule has 0 saturated heterocycles. The minimum absolute atomic E-state index is 0.0238. The number of aromatic nitrogens is 1. The summed E-state index contributed by atoms with van der Waals surface area (Å²) in [6, 6.07) is 1.36. The molecule has 0 spiro atoms. The minimum atomic E-state index is -0.341. The normalized spacial score (nSPS) is 12.1. The first kappa shape index (κ1) is 12.4. The van der Waals surface area contributed by atoms with Crippen molar-refractivity contribution in [3.63, 3.8) is 0 Å². The van der Waals surface area contributed by atoms with E-state index in [0.29, 0.717) is 6.54 Å². The second-order valence-electron chi connectivity index (χ2n) is 3.73. The van der Waals surface area contributed by atoms with E-state index >= 15 is 0 Å². The summed E-state index contributed by atoms with van der Waals surface area (Å²) in [5, 5.41) is 2.76. The molecule has 1 amide bonds. The smallest absolute Gasteiger partial charge is 0.256 e. The molecule has 1 aromatic rings. The Morgan fingerprint density at radius 2 is 2.38 bits per heavy atom. The van der Waals surface area contributed by atoms with Crippen molar-refractivity contribution in [3.05, 3.63) is 34.2 Å². The third-order valence-corrected chi connectivity index (χ3v) is 2.29. The summed E-state index contributed by atoms with van der Waals surface area (Å²) in [4.78, 5) is 25.8. The van der Waals surface area contributed by atoms with Crippen LogP contribution in [0, 0.1) is 0 Å². The van der Waals surface area contributed by atoms with Crippen molar-refractivity contribution in [2.45, 2.75) is 25.8 Å². The van der Waals surface area contributed by atoms with Gasteiger partial charge in [-0.15, -0.1) is 0 Å².